The number of aromatic nitrogens is 1. The highest BCUT2D eigenvalue weighted by Gasteiger charge is 2.08. The van der Waals surface area contributed by atoms with E-state index in [0.717, 1.165) is 48.5 Å². The number of hydrogen-bond donors (Lipinski definition) is 1. The van der Waals surface area contributed by atoms with Crippen molar-refractivity contribution in [3.05, 3.63) is 45.9 Å². The predicted molar refractivity (Wildman–Crippen MR) is 114 cm³/mol. The van der Waals surface area contributed by atoms with Crippen molar-refractivity contribution in [2.75, 3.05) is 41.3 Å². The number of nitrogens with one attached hydrogen (secondary N) is 1. The molecule has 0 saturated carbocycles. The molecule has 0 spiro atoms. The second-order valence-corrected chi connectivity index (χ2v) is 7.83. The Hall–Kier alpha value is -2.12. The topological polar surface area (TPSA) is 53.0 Å². The molecule has 0 saturated heterocycles. The Morgan fingerprint density at radius 1 is 1.22 bits per heavy atom. The molecular weight excluding hydrogens is 358 g/mol. The second kappa shape index (κ2) is 10.9. The average molecular weight is 390 g/mol. The number of nitrogens with zero attached hydrogens (tertiary/aromatic N) is 4. The van der Waals surface area contributed by atoms with Gasteiger partial charge in [0.2, 0.25) is 0 Å². The molecule has 0 aliphatic carbocycles. The van der Waals surface area contributed by atoms with Crippen molar-refractivity contribution >= 4 is 17.3 Å². The van der Waals surface area contributed by atoms with Crippen LogP contribution in [0.25, 0.3) is 0 Å². The maximum absolute atomic E-state index is 5.78. The zero-order valence-electron chi connectivity index (χ0n) is 17.0. The van der Waals surface area contributed by atoms with Gasteiger partial charge in [-0.3, -0.25) is 4.99 Å². The molecule has 1 aromatic heterocycles. The molecule has 0 bridgehead atoms. The molecular formula is C20H31N5OS. The van der Waals surface area contributed by atoms with E-state index >= 15 is 0 Å². The van der Waals surface area contributed by atoms with Gasteiger partial charge in [0.1, 0.15) is 5.75 Å². The lowest BCUT2D eigenvalue weighted by Crippen LogP contribution is -2.38. The van der Waals surface area contributed by atoms with Crippen molar-refractivity contribution in [3.63, 3.8) is 0 Å². The third kappa shape index (κ3) is 7.56. The van der Waals surface area contributed by atoms with Gasteiger partial charge in [-0.15, -0.1) is 11.3 Å². The zero-order valence-corrected chi connectivity index (χ0v) is 17.8. The van der Waals surface area contributed by atoms with E-state index in [9.17, 15) is 0 Å². The van der Waals surface area contributed by atoms with Gasteiger partial charge in [0.05, 0.1) is 23.9 Å². The Morgan fingerprint density at radius 3 is 2.56 bits per heavy atom. The molecule has 0 amide bonds. The fraction of sp³-hybridized carbons (Fsp3) is 0.500. The first-order valence-corrected chi connectivity index (χ1v) is 10.0. The fourth-order valence-electron chi connectivity index (χ4n) is 2.64. The largest absolute Gasteiger partial charge is 0.494 e. The van der Waals surface area contributed by atoms with Crippen molar-refractivity contribution in [2.24, 2.45) is 4.99 Å². The summed E-state index contributed by atoms with van der Waals surface area (Å²) >= 11 is 1.67. The molecule has 27 heavy (non-hydrogen) atoms. The van der Waals surface area contributed by atoms with Gasteiger partial charge in [0.15, 0.2) is 5.96 Å². The molecule has 6 nitrogen and oxygen atoms in total. The number of ether oxygens (including phenoxy) is 1. The molecule has 0 radical (unpaired) electrons. The van der Waals surface area contributed by atoms with E-state index in [0.29, 0.717) is 6.54 Å². The molecule has 2 aromatic rings. The number of thiazole rings is 1. The summed E-state index contributed by atoms with van der Waals surface area (Å²) in [6, 6.07) is 8.23. The molecule has 1 aromatic carbocycles. The smallest absolute Gasteiger partial charge is 0.194 e. The van der Waals surface area contributed by atoms with E-state index < -0.39 is 0 Å². The minimum atomic E-state index is 0.716. The van der Waals surface area contributed by atoms with Crippen molar-refractivity contribution in [3.8, 4) is 5.75 Å². The summed E-state index contributed by atoms with van der Waals surface area (Å²) in [6.07, 6.45) is 1.03. The van der Waals surface area contributed by atoms with Gasteiger partial charge in [-0.05, 0) is 45.1 Å². The summed E-state index contributed by atoms with van der Waals surface area (Å²) in [5, 5.41) is 6.58. The summed E-state index contributed by atoms with van der Waals surface area (Å²) < 4.78 is 5.78. The van der Waals surface area contributed by atoms with E-state index in [1.807, 2.05) is 26.1 Å². The molecule has 1 N–H and O–H groups in total. The van der Waals surface area contributed by atoms with E-state index in [1.54, 1.807) is 18.4 Å². The van der Waals surface area contributed by atoms with Gasteiger partial charge >= 0.3 is 0 Å². The van der Waals surface area contributed by atoms with E-state index in [-0.39, 0.29) is 0 Å². The van der Waals surface area contributed by atoms with Crippen LogP contribution in [0.1, 0.15) is 22.7 Å². The van der Waals surface area contributed by atoms with E-state index in [2.05, 4.69) is 56.7 Å². The van der Waals surface area contributed by atoms with Crippen molar-refractivity contribution in [1.82, 2.24) is 20.1 Å². The van der Waals surface area contributed by atoms with Crippen molar-refractivity contribution in [1.29, 1.82) is 0 Å². The Labute approximate surface area is 166 Å². The van der Waals surface area contributed by atoms with Crippen molar-refractivity contribution < 1.29 is 4.74 Å². The van der Waals surface area contributed by atoms with Gasteiger partial charge in [0.25, 0.3) is 0 Å². The van der Waals surface area contributed by atoms with Crippen LogP contribution in [0.2, 0.25) is 0 Å². The molecule has 0 atom stereocenters. The maximum Gasteiger partial charge on any atom is 0.194 e. The SMILES string of the molecule is CN=C(NCc1ccc(OCCCN(C)C)cc1)N(C)Cc1csc(C)n1. The van der Waals surface area contributed by atoms with Crippen LogP contribution in [0.3, 0.4) is 0 Å². The highest BCUT2D eigenvalue weighted by molar-refractivity contribution is 7.09. The third-order valence-corrected chi connectivity index (χ3v) is 4.85. The van der Waals surface area contributed by atoms with Crippen LogP contribution in [0.4, 0.5) is 0 Å². The van der Waals surface area contributed by atoms with Crippen LogP contribution >= 0.6 is 11.3 Å². The van der Waals surface area contributed by atoms with Gasteiger partial charge in [-0.1, -0.05) is 12.1 Å². The van der Waals surface area contributed by atoms with Crippen LogP contribution in [-0.2, 0) is 13.1 Å². The van der Waals surface area contributed by atoms with E-state index in [4.69, 9.17) is 4.74 Å². The first-order chi connectivity index (χ1) is 13.0. The van der Waals surface area contributed by atoms with Crippen LogP contribution in [0.15, 0.2) is 34.6 Å². The van der Waals surface area contributed by atoms with Gasteiger partial charge in [0, 0.05) is 32.6 Å². The van der Waals surface area contributed by atoms with Gasteiger partial charge in [-0.2, -0.15) is 0 Å². The summed E-state index contributed by atoms with van der Waals surface area (Å²) in [4.78, 5) is 13.1. The number of aliphatic imine (C=N–C) groups is 1. The molecule has 0 fully saturated rings. The van der Waals surface area contributed by atoms with Crippen molar-refractivity contribution in [2.45, 2.75) is 26.4 Å². The molecule has 0 aliphatic heterocycles. The normalized spacial score (nSPS) is 11.7. The summed E-state index contributed by atoms with van der Waals surface area (Å²) in [5.74, 6) is 1.77. The van der Waals surface area contributed by atoms with E-state index in [1.165, 1.54) is 5.56 Å². The number of hydrogen-bond acceptors (Lipinski definition) is 5. The zero-order chi connectivity index (χ0) is 19.6. The Balaban J connectivity index is 1.78. The fourth-order valence-corrected chi connectivity index (χ4v) is 3.24. The monoisotopic (exact) mass is 389 g/mol. The predicted octanol–water partition coefficient (Wildman–Crippen LogP) is 2.99. The molecule has 0 aliphatic rings. The lowest BCUT2D eigenvalue weighted by molar-refractivity contribution is 0.281. The molecule has 7 heteroatoms. The number of rotatable bonds is 9. The number of benzene rings is 1. The third-order valence-electron chi connectivity index (χ3n) is 4.03. The van der Waals surface area contributed by atoms with Crippen LogP contribution in [0, 0.1) is 6.92 Å². The first kappa shape index (κ1) is 21.2. The van der Waals surface area contributed by atoms with Gasteiger partial charge in [-0.25, -0.2) is 4.98 Å². The van der Waals surface area contributed by atoms with Crippen LogP contribution in [-0.4, -0.2) is 62.1 Å². The molecule has 2 rings (SSSR count). The summed E-state index contributed by atoms with van der Waals surface area (Å²) in [6.45, 7) is 5.26. The lowest BCUT2D eigenvalue weighted by atomic mass is 10.2. The molecule has 1 heterocycles. The standard InChI is InChI=1S/C20H31N5OS/c1-16-23-18(15-27-16)14-25(5)20(21-2)22-13-17-7-9-19(10-8-17)26-12-6-11-24(3)4/h7-10,15H,6,11-14H2,1-5H3,(H,21,22). The highest BCUT2D eigenvalue weighted by Crippen LogP contribution is 2.13. The average Bonchev–Trinajstić information content (AvgIpc) is 3.05. The van der Waals surface area contributed by atoms with Crippen LogP contribution < -0.4 is 10.1 Å². The second-order valence-electron chi connectivity index (χ2n) is 6.76. The van der Waals surface area contributed by atoms with Crippen LogP contribution in [0.5, 0.6) is 5.75 Å². The minimum absolute atomic E-state index is 0.716. The lowest BCUT2D eigenvalue weighted by Gasteiger charge is -2.21. The quantitative estimate of drug-likeness (QED) is 0.406. The van der Waals surface area contributed by atoms with Gasteiger partial charge < -0.3 is 19.9 Å². The minimum Gasteiger partial charge on any atom is -0.494 e. The molecule has 148 valence electrons. The summed E-state index contributed by atoms with van der Waals surface area (Å²) in [5.41, 5.74) is 2.26. The highest BCUT2D eigenvalue weighted by atomic mass is 32.1. The molecule has 0 unspecified atom stereocenters. The summed E-state index contributed by atoms with van der Waals surface area (Å²) in [7, 11) is 7.97. The Kier molecular flexibility index (Phi) is 8.54. The number of guanidine groups is 1. The first-order valence-electron chi connectivity index (χ1n) is 9.17. The Morgan fingerprint density at radius 2 is 1.96 bits per heavy atom. The maximum atomic E-state index is 5.78. The number of aryl methyl sites for hydroxylation is 1. The Bertz CT molecular complexity index is 711.